The van der Waals surface area contributed by atoms with Crippen LogP contribution in [0.2, 0.25) is 0 Å². The lowest BCUT2D eigenvalue weighted by Crippen LogP contribution is -2.31. The molecule has 1 heterocycles. The summed E-state index contributed by atoms with van der Waals surface area (Å²) in [6.45, 7) is 5.63. The molecule has 0 amide bonds. The van der Waals surface area contributed by atoms with Crippen LogP contribution in [0.3, 0.4) is 0 Å². The molecule has 0 atom stereocenters. The first kappa shape index (κ1) is 13.2. The Labute approximate surface area is 109 Å². The van der Waals surface area contributed by atoms with E-state index in [0.29, 0.717) is 0 Å². The molecule has 100 valence electrons. The van der Waals surface area contributed by atoms with Crippen LogP contribution in [0.15, 0.2) is 18.2 Å². The van der Waals surface area contributed by atoms with Crippen molar-refractivity contribution in [2.24, 2.45) is 5.73 Å². The first-order chi connectivity index (χ1) is 8.54. The Hall–Kier alpha value is -1.22. The molecule has 2 rings (SSSR count). The molecule has 0 bridgehead atoms. The van der Waals surface area contributed by atoms with Crippen molar-refractivity contribution in [1.82, 2.24) is 0 Å². The normalized spacial score (nSPS) is 15.3. The number of aryl methyl sites for hydroxylation is 1. The van der Waals surface area contributed by atoms with E-state index in [1.165, 1.54) is 5.56 Å². The molecule has 1 aromatic rings. The molecule has 0 radical (unpaired) electrons. The van der Waals surface area contributed by atoms with Gasteiger partial charge in [-0.2, -0.15) is 0 Å². The van der Waals surface area contributed by atoms with E-state index in [9.17, 15) is 0 Å². The zero-order valence-electron chi connectivity index (χ0n) is 11.4. The van der Waals surface area contributed by atoms with Gasteiger partial charge in [0.2, 0.25) is 0 Å². The third-order valence-corrected chi connectivity index (χ3v) is 3.10. The third-order valence-electron chi connectivity index (χ3n) is 3.10. The maximum atomic E-state index is 5.99. The van der Waals surface area contributed by atoms with E-state index in [1.807, 2.05) is 6.07 Å². The SMILES string of the molecule is CC(C)(N)CCCc1ccc2c(c1)OCCCO2. The van der Waals surface area contributed by atoms with Crippen LogP contribution in [0.1, 0.15) is 38.7 Å². The van der Waals surface area contributed by atoms with E-state index in [2.05, 4.69) is 26.0 Å². The largest absolute Gasteiger partial charge is 0.490 e. The fraction of sp³-hybridized carbons (Fsp3) is 0.600. The number of nitrogens with two attached hydrogens (primary N) is 1. The molecule has 0 saturated heterocycles. The lowest BCUT2D eigenvalue weighted by Gasteiger charge is -2.18. The summed E-state index contributed by atoms with van der Waals surface area (Å²) >= 11 is 0. The third kappa shape index (κ3) is 3.91. The van der Waals surface area contributed by atoms with Crippen molar-refractivity contribution in [2.45, 2.75) is 45.1 Å². The van der Waals surface area contributed by atoms with Gasteiger partial charge >= 0.3 is 0 Å². The van der Waals surface area contributed by atoms with Gasteiger partial charge in [0.25, 0.3) is 0 Å². The summed E-state index contributed by atoms with van der Waals surface area (Å²) in [7, 11) is 0. The van der Waals surface area contributed by atoms with E-state index in [-0.39, 0.29) is 5.54 Å². The summed E-state index contributed by atoms with van der Waals surface area (Å²) < 4.78 is 11.3. The van der Waals surface area contributed by atoms with Gasteiger partial charge in [-0.1, -0.05) is 6.07 Å². The monoisotopic (exact) mass is 249 g/mol. The van der Waals surface area contributed by atoms with Crippen LogP contribution in [0.5, 0.6) is 11.5 Å². The van der Waals surface area contributed by atoms with Crippen molar-refractivity contribution in [3.63, 3.8) is 0 Å². The highest BCUT2D eigenvalue weighted by molar-refractivity contribution is 5.43. The van der Waals surface area contributed by atoms with E-state index in [0.717, 1.165) is 50.4 Å². The standard InChI is InChI=1S/C15H23NO2/c1-15(2,16)8-3-5-12-6-7-13-14(11-12)18-10-4-9-17-13/h6-7,11H,3-5,8-10,16H2,1-2H3. The maximum Gasteiger partial charge on any atom is 0.161 e. The molecule has 0 aromatic heterocycles. The molecule has 1 aromatic carbocycles. The van der Waals surface area contributed by atoms with E-state index >= 15 is 0 Å². The van der Waals surface area contributed by atoms with Crippen molar-refractivity contribution in [2.75, 3.05) is 13.2 Å². The van der Waals surface area contributed by atoms with Gasteiger partial charge in [-0.15, -0.1) is 0 Å². The lowest BCUT2D eigenvalue weighted by molar-refractivity contribution is 0.297. The van der Waals surface area contributed by atoms with Gasteiger partial charge < -0.3 is 15.2 Å². The fourth-order valence-corrected chi connectivity index (χ4v) is 2.11. The van der Waals surface area contributed by atoms with Crippen LogP contribution in [0.4, 0.5) is 0 Å². The zero-order valence-corrected chi connectivity index (χ0v) is 11.4. The van der Waals surface area contributed by atoms with E-state index in [1.54, 1.807) is 0 Å². The zero-order chi connectivity index (χ0) is 13.0. The van der Waals surface area contributed by atoms with Crippen LogP contribution < -0.4 is 15.2 Å². The minimum atomic E-state index is -0.0781. The van der Waals surface area contributed by atoms with Crippen LogP contribution in [-0.4, -0.2) is 18.8 Å². The molecule has 0 spiro atoms. The predicted octanol–water partition coefficient (Wildman–Crippen LogP) is 2.91. The highest BCUT2D eigenvalue weighted by Crippen LogP contribution is 2.30. The molecular weight excluding hydrogens is 226 g/mol. The number of hydrogen-bond acceptors (Lipinski definition) is 3. The number of rotatable bonds is 4. The second-order valence-corrected chi connectivity index (χ2v) is 5.67. The van der Waals surface area contributed by atoms with Crippen molar-refractivity contribution < 1.29 is 9.47 Å². The molecule has 1 aliphatic rings. The van der Waals surface area contributed by atoms with Gasteiger partial charge in [-0.3, -0.25) is 0 Å². The Morgan fingerprint density at radius 2 is 1.89 bits per heavy atom. The second kappa shape index (κ2) is 5.61. The van der Waals surface area contributed by atoms with Crippen molar-refractivity contribution >= 4 is 0 Å². The first-order valence-corrected chi connectivity index (χ1v) is 6.72. The molecule has 1 aliphatic heterocycles. The summed E-state index contributed by atoms with van der Waals surface area (Å²) in [6.07, 6.45) is 4.12. The maximum absolute atomic E-state index is 5.99. The Morgan fingerprint density at radius 1 is 1.17 bits per heavy atom. The predicted molar refractivity (Wildman–Crippen MR) is 73.3 cm³/mol. The van der Waals surface area contributed by atoms with E-state index in [4.69, 9.17) is 15.2 Å². The molecule has 0 unspecified atom stereocenters. The number of benzene rings is 1. The van der Waals surface area contributed by atoms with Gasteiger partial charge in [0.15, 0.2) is 11.5 Å². The van der Waals surface area contributed by atoms with Crippen molar-refractivity contribution in [3.8, 4) is 11.5 Å². The molecule has 18 heavy (non-hydrogen) atoms. The van der Waals surface area contributed by atoms with Gasteiger partial charge in [0, 0.05) is 12.0 Å². The summed E-state index contributed by atoms with van der Waals surface area (Å²) in [4.78, 5) is 0. The van der Waals surface area contributed by atoms with Crippen LogP contribution in [-0.2, 0) is 6.42 Å². The van der Waals surface area contributed by atoms with Crippen molar-refractivity contribution in [1.29, 1.82) is 0 Å². The Morgan fingerprint density at radius 3 is 2.61 bits per heavy atom. The molecular formula is C15H23NO2. The molecule has 3 heteroatoms. The summed E-state index contributed by atoms with van der Waals surface area (Å²) in [5.41, 5.74) is 7.20. The highest BCUT2D eigenvalue weighted by Gasteiger charge is 2.12. The van der Waals surface area contributed by atoms with Gasteiger partial charge in [0.1, 0.15) is 0 Å². The minimum absolute atomic E-state index is 0.0781. The summed E-state index contributed by atoms with van der Waals surface area (Å²) in [5.74, 6) is 1.76. The number of fused-ring (bicyclic) bond motifs is 1. The van der Waals surface area contributed by atoms with Crippen molar-refractivity contribution in [3.05, 3.63) is 23.8 Å². The Balaban J connectivity index is 1.96. The average Bonchev–Trinajstić information content (AvgIpc) is 2.51. The first-order valence-electron chi connectivity index (χ1n) is 6.72. The smallest absolute Gasteiger partial charge is 0.161 e. The Bertz CT molecular complexity index is 396. The minimum Gasteiger partial charge on any atom is -0.490 e. The van der Waals surface area contributed by atoms with Gasteiger partial charge in [0.05, 0.1) is 13.2 Å². The van der Waals surface area contributed by atoms with Gasteiger partial charge in [-0.25, -0.2) is 0 Å². The van der Waals surface area contributed by atoms with Crippen LogP contribution >= 0.6 is 0 Å². The topological polar surface area (TPSA) is 44.5 Å². The molecule has 0 aliphatic carbocycles. The lowest BCUT2D eigenvalue weighted by atomic mass is 9.97. The highest BCUT2D eigenvalue weighted by atomic mass is 16.5. The molecule has 0 fully saturated rings. The fourth-order valence-electron chi connectivity index (χ4n) is 2.11. The summed E-state index contributed by atoms with van der Waals surface area (Å²) in [6, 6.07) is 6.24. The Kier molecular flexibility index (Phi) is 4.12. The second-order valence-electron chi connectivity index (χ2n) is 5.67. The summed E-state index contributed by atoms with van der Waals surface area (Å²) in [5, 5.41) is 0. The average molecular weight is 249 g/mol. The van der Waals surface area contributed by atoms with Gasteiger partial charge in [-0.05, 0) is 50.8 Å². The molecule has 0 saturated carbocycles. The van der Waals surface area contributed by atoms with Crippen LogP contribution in [0.25, 0.3) is 0 Å². The molecule has 2 N–H and O–H groups in total. The van der Waals surface area contributed by atoms with E-state index < -0.39 is 0 Å². The number of hydrogen-bond donors (Lipinski definition) is 1. The quantitative estimate of drug-likeness (QED) is 0.892. The van der Waals surface area contributed by atoms with Crippen LogP contribution in [0, 0.1) is 0 Å². The number of ether oxygens (including phenoxy) is 2. The molecule has 3 nitrogen and oxygen atoms in total.